The Kier molecular flexibility index (Phi) is 3.45. The highest BCUT2D eigenvalue weighted by atomic mass is 16.5. The number of nitrogens with zero attached hydrogens (tertiary/aromatic N) is 1. The molecule has 0 aliphatic heterocycles. The second kappa shape index (κ2) is 4.39. The van der Waals surface area contributed by atoms with Crippen LogP contribution in [0.3, 0.4) is 0 Å². The van der Waals surface area contributed by atoms with Crippen molar-refractivity contribution in [1.29, 1.82) is 0 Å². The van der Waals surface area contributed by atoms with E-state index in [1.165, 1.54) is 0 Å². The Morgan fingerprint density at radius 1 is 1.54 bits per heavy atom. The van der Waals surface area contributed by atoms with E-state index < -0.39 is 6.10 Å². The first kappa shape index (κ1) is 10.2. The number of rotatable bonds is 4. The lowest BCUT2D eigenvalue weighted by Gasteiger charge is -2.06. The van der Waals surface area contributed by atoms with Gasteiger partial charge in [-0.2, -0.15) is 0 Å². The van der Waals surface area contributed by atoms with Crippen molar-refractivity contribution in [2.24, 2.45) is 5.73 Å². The van der Waals surface area contributed by atoms with Gasteiger partial charge in [0.15, 0.2) is 0 Å². The van der Waals surface area contributed by atoms with Gasteiger partial charge in [0, 0.05) is 12.1 Å². The molecule has 0 aliphatic rings. The summed E-state index contributed by atoms with van der Waals surface area (Å²) < 4.78 is 5.00. The first-order valence-electron chi connectivity index (χ1n) is 4.45. The molecule has 0 fully saturated rings. The van der Waals surface area contributed by atoms with Gasteiger partial charge in [0.05, 0.1) is 11.8 Å². The molecule has 0 spiro atoms. The summed E-state index contributed by atoms with van der Waals surface area (Å²) in [6, 6.07) is 0. The third-order valence-electron chi connectivity index (χ3n) is 2.18. The zero-order valence-corrected chi connectivity index (χ0v) is 8.08. The van der Waals surface area contributed by atoms with Crippen molar-refractivity contribution < 1.29 is 9.63 Å². The van der Waals surface area contributed by atoms with E-state index in [-0.39, 0.29) is 0 Å². The van der Waals surface area contributed by atoms with E-state index >= 15 is 0 Å². The number of nitrogens with two attached hydrogens (primary N) is 1. The highest BCUT2D eigenvalue weighted by Crippen LogP contribution is 2.14. The van der Waals surface area contributed by atoms with Gasteiger partial charge in [-0.3, -0.25) is 0 Å². The Morgan fingerprint density at radius 2 is 2.23 bits per heavy atom. The average molecular weight is 184 g/mol. The molecule has 1 aromatic heterocycles. The third kappa shape index (κ3) is 2.54. The number of hydrogen-bond acceptors (Lipinski definition) is 4. The number of aliphatic hydroxyl groups excluding tert-OH is 1. The van der Waals surface area contributed by atoms with Crippen LogP contribution in [0.1, 0.15) is 23.4 Å². The van der Waals surface area contributed by atoms with Crippen LogP contribution in [0.5, 0.6) is 0 Å². The number of aliphatic hydroxyl groups is 1. The standard InChI is InChI=1S/C9H16N2O2/c1-6-9(7(2)13-11-6)4-3-8(12)5-10/h8,12H,3-5,10H2,1-2H3. The lowest BCUT2D eigenvalue weighted by molar-refractivity contribution is 0.173. The molecule has 0 aliphatic carbocycles. The van der Waals surface area contributed by atoms with Crippen molar-refractivity contribution in [3.8, 4) is 0 Å². The smallest absolute Gasteiger partial charge is 0.137 e. The van der Waals surface area contributed by atoms with Gasteiger partial charge in [-0.25, -0.2) is 0 Å². The van der Waals surface area contributed by atoms with Gasteiger partial charge in [-0.15, -0.1) is 0 Å². The molecule has 0 saturated carbocycles. The minimum absolute atomic E-state index is 0.309. The molecule has 0 saturated heterocycles. The largest absolute Gasteiger partial charge is 0.392 e. The van der Waals surface area contributed by atoms with E-state index in [0.717, 1.165) is 23.4 Å². The van der Waals surface area contributed by atoms with Crippen molar-refractivity contribution >= 4 is 0 Å². The van der Waals surface area contributed by atoms with Crippen LogP contribution in [0.4, 0.5) is 0 Å². The van der Waals surface area contributed by atoms with Crippen LogP contribution in [0, 0.1) is 13.8 Å². The fraction of sp³-hybridized carbons (Fsp3) is 0.667. The minimum Gasteiger partial charge on any atom is -0.392 e. The van der Waals surface area contributed by atoms with Crippen LogP contribution in [0.2, 0.25) is 0 Å². The van der Waals surface area contributed by atoms with Gasteiger partial charge >= 0.3 is 0 Å². The predicted molar refractivity (Wildman–Crippen MR) is 49.4 cm³/mol. The van der Waals surface area contributed by atoms with E-state index in [0.29, 0.717) is 13.0 Å². The molecule has 1 aromatic rings. The first-order chi connectivity index (χ1) is 6.15. The lowest BCUT2D eigenvalue weighted by Crippen LogP contribution is -2.20. The number of aromatic nitrogens is 1. The van der Waals surface area contributed by atoms with E-state index in [2.05, 4.69) is 5.16 Å². The van der Waals surface area contributed by atoms with Crippen LogP contribution in [-0.4, -0.2) is 22.9 Å². The first-order valence-corrected chi connectivity index (χ1v) is 4.45. The molecular weight excluding hydrogens is 168 g/mol. The van der Waals surface area contributed by atoms with Crippen LogP contribution in [-0.2, 0) is 6.42 Å². The molecule has 1 atom stereocenters. The normalized spacial score (nSPS) is 13.2. The third-order valence-corrected chi connectivity index (χ3v) is 2.18. The fourth-order valence-electron chi connectivity index (χ4n) is 1.29. The molecule has 1 unspecified atom stereocenters. The summed E-state index contributed by atoms with van der Waals surface area (Å²) in [5, 5.41) is 13.1. The highest BCUT2D eigenvalue weighted by Gasteiger charge is 2.10. The maximum Gasteiger partial charge on any atom is 0.137 e. The molecule has 74 valence electrons. The van der Waals surface area contributed by atoms with Crippen LogP contribution >= 0.6 is 0 Å². The molecule has 0 amide bonds. The molecule has 13 heavy (non-hydrogen) atoms. The molecule has 3 N–H and O–H groups in total. The lowest BCUT2D eigenvalue weighted by atomic mass is 10.1. The SMILES string of the molecule is Cc1noc(C)c1CCC(O)CN. The van der Waals surface area contributed by atoms with Crippen molar-refractivity contribution in [2.75, 3.05) is 6.54 Å². The molecule has 0 aromatic carbocycles. The van der Waals surface area contributed by atoms with E-state index in [9.17, 15) is 5.11 Å². The van der Waals surface area contributed by atoms with Crippen molar-refractivity contribution in [3.05, 3.63) is 17.0 Å². The van der Waals surface area contributed by atoms with Gasteiger partial charge in [0.2, 0.25) is 0 Å². The Labute approximate surface area is 77.7 Å². The summed E-state index contributed by atoms with van der Waals surface area (Å²) >= 11 is 0. The summed E-state index contributed by atoms with van der Waals surface area (Å²) in [6.07, 6.45) is 1.02. The molecular formula is C9H16N2O2. The van der Waals surface area contributed by atoms with Crippen LogP contribution in [0.15, 0.2) is 4.52 Å². The van der Waals surface area contributed by atoms with E-state index in [1.54, 1.807) is 0 Å². The van der Waals surface area contributed by atoms with Gasteiger partial charge in [-0.1, -0.05) is 5.16 Å². The van der Waals surface area contributed by atoms with Crippen molar-refractivity contribution in [1.82, 2.24) is 5.16 Å². The molecule has 0 radical (unpaired) electrons. The van der Waals surface area contributed by atoms with E-state index in [4.69, 9.17) is 10.3 Å². The summed E-state index contributed by atoms with van der Waals surface area (Å²) in [7, 11) is 0. The topological polar surface area (TPSA) is 72.3 Å². The molecule has 4 nitrogen and oxygen atoms in total. The second-order valence-corrected chi connectivity index (χ2v) is 3.23. The van der Waals surface area contributed by atoms with Crippen LogP contribution in [0.25, 0.3) is 0 Å². The zero-order chi connectivity index (χ0) is 9.84. The monoisotopic (exact) mass is 184 g/mol. The van der Waals surface area contributed by atoms with E-state index in [1.807, 2.05) is 13.8 Å². The Balaban J connectivity index is 2.53. The Hall–Kier alpha value is -0.870. The van der Waals surface area contributed by atoms with Gasteiger partial charge < -0.3 is 15.4 Å². The quantitative estimate of drug-likeness (QED) is 0.716. The van der Waals surface area contributed by atoms with Gasteiger partial charge in [0.25, 0.3) is 0 Å². The average Bonchev–Trinajstić information content (AvgIpc) is 2.43. The maximum atomic E-state index is 9.26. The van der Waals surface area contributed by atoms with Gasteiger partial charge in [0.1, 0.15) is 5.76 Å². The highest BCUT2D eigenvalue weighted by molar-refractivity contribution is 5.20. The molecule has 1 heterocycles. The summed E-state index contributed by atoms with van der Waals surface area (Å²) in [6.45, 7) is 4.09. The summed E-state index contributed by atoms with van der Waals surface area (Å²) in [4.78, 5) is 0. The molecule has 1 rings (SSSR count). The van der Waals surface area contributed by atoms with Gasteiger partial charge in [-0.05, 0) is 26.7 Å². The van der Waals surface area contributed by atoms with Crippen molar-refractivity contribution in [2.45, 2.75) is 32.8 Å². The number of aryl methyl sites for hydroxylation is 2. The minimum atomic E-state index is -0.423. The zero-order valence-electron chi connectivity index (χ0n) is 8.08. The summed E-state index contributed by atoms with van der Waals surface area (Å²) in [5.41, 5.74) is 7.29. The molecule has 4 heteroatoms. The number of hydrogen-bond donors (Lipinski definition) is 2. The predicted octanol–water partition coefficient (Wildman–Crippen LogP) is 0.544. The fourth-order valence-corrected chi connectivity index (χ4v) is 1.29. The summed E-state index contributed by atoms with van der Waals surface area (Å²) in [5.74, 6) is 0.835. The Bertz CT molecular complexity index is 251. The molecule has 0 bridgehead atoms. The van der Waals surface area contributed by atoms with Crippen molar-refractivity contribution in [3.63, 3.8) is 0 Å². The Morgan fingerprint density at radius 3 is 2.69 bits per heavy atom. The van der Waals surface area contributed by atoms with Crippen LogP contribution < -0.4 is 5.73 Å². The second-order valence-electron chi connectivity index (χ2n) is 3.23. The maximum absolute atomic E-state index is 9.26.